The molecule has 0 aliphatic carbocycles. The van der Waals surface area contributed by atoms with Gasteiger partial charge in [-0.2, -0.15) is 5.10 Å². The molecule has 1 aromatic heterocycles. The van der Waals surface area contributed by atoms with Crippen LogP contribution in [0.5, 0.6) is 5.75 Å². The Labute approximate surface area is 158 Å². The van der Waals surface area contributed by atoms with E-state index in [2.05, 4.69) is 20.8 Å². The van der Waals surface area contributed by atoms with Gasteiger partial charge in [0.05, 0.1) is 5.69 Å². The monoisotopic (exact) mass is 376 g/mol. The van der Waals surface area contributed by atoms with Crippen LogP contribution in [0.25, 0.3) is 0 Å². The summed E-state index contributed by atoms with van der Waals surface area (Å²) in [6, 6.07) is 9.10. The number of piperidine rings is 1. The first-order valence-corrected chi connectivity index (χ1v) is 9.32. The maximum atomic E-state index is 13.1. The van der Waals surface area contributed by atoms with E-state index in [0.717, 1.165) is 24.5 Å². The zero-order valence-corrected chi connectivity index (χ0v) is 15.9. The van der Waals surface area contributed by atoms with E-state index in [1.165, 1.54) is 0 Å². The van der Waals surface area contributed by atoms with Gasteiger partial charge < -0.3 is 15.4 Å². The first kappa shape index (κ1) is 18.7. The number of amides is 1. The van der Waals surface area contributed by atoms with Crippen molar-refractivity contribution in [2.24, 2.45) is 0 Å². The molecule has 140 valence electrons. The van der Waals surface area contributed by atoms with Gasteiger partial charge in [-0.25, -0.2) is 0 Å². The van der Waals surface area contributed by atoms with E-state index >= 15 is 0 Å². The lowest BCUT2D eigenvalue weighted by molar-refractivity contribution is -0.139. The summed E-state index contributed by atoms with van der Waals surface area (Å²) in [5.41, 5.74) is 1.09. The third-order valence-corrected chi connectivity index (χ3v) is 4.86. The van der Waals surface area contributed by atoms with E-state index in [9.17, 15) is 4.79 Å². The molecule has 1 amide bonds. The van der Waals surface area contributed by atoms with E-state index in [1.54, 1.807) is 24.3 Å². The molecule has 1 saturated heterocycles. The lowest BCUT2D eigenvalue weighted by atomic mass is 9.90. The van der Waals surface area contributed by atoms with Gasteiger partial charge in [-0.3, -0.25) is 9.89 Å². The second-order valence-corrected chi connectivity index (χ2v) is 7.36. The van der Waals surface area contributed by atoms with Gasteiger partial charge >= 0.3 is 0 Å². The maximum Gasteiger partial charge on any atom is 0.264 e. The quantitative estimate of drug-likeness (QED) is 0.724. The smallest absolute Gasteiger partial charge is 0.264 e. The number of benzene rings is 1. The number of nitrogens with one attached hydrogen (secondary N) is 3. The molecule has 2 aromatic rings. The Hall–Kier alpha value is -2.05. The molecule has 0 saturated carbocycles. The fourth-order valence-corrected chi connectivity index (χ4v) is 3.36. The van der Waals surface area contributed by atoms with Crippen LogP contribution < -0.4 is 15.4 Å². The van der Waals surface area contributed by atoms with Gasteiger partial charge in [0.15, 0.2) is 5.60 Å². The molecule has 1 aliphatic heterocycles. The number of hydrogen-bond donors (Lipinski definition) is 3. The number of ether oxygens (including phenoxy) is 1. The molecule has 0 bridgehead atoms. The predicted octanol–water partition coefficient (Wildman–Crippen LogP) is 2.62. The van der Waals surface area contributed by atoms with Gasteiger partial charge in [0.2, 0.25) is 0 Å². The Morgan fingerprint density at radius 3 is 2.65 bits per heavy atom. The van der Waals surface area contributed by atoms with Crippen molar-refractivity contribution in [1.29, 1.82) is 0 Å². The number of hydrogen-bond acceptors (Lipinski definition) is 4. The van der Waals surface area contributed by atoms with Gasteiger partial charge in [-0.15, -0.1) is 0 Å². The Kier molecular flexibility index (Phi) is 5.84. The number of H-pyrrole nitrogens is 1. The molecule has 7 heteroatoms. The maximum absolute atomic E-state index is 13.1. The number of nitrogens with zero attached hydrogens (tertiary/aromatic N) is 1. The summed E-state index contributed by atoms with van der Waals surface area (Å²) in [7, 11) is 0. The van der Waals surface area contributed by atoms with Crippen molar-refractivity contribution >= 4 is 17.5 Å². The average Bonchev–Trinajstić information content (AvgIpc) is 3.02. The topological polar surface area (TPSA) is 79.0 Å². The second kappa shape index (κ2) is 8.10. The third kappa shape index (κ3) is 4.56. The summed E-state index contributed by atoms with van der Waals surface area (Å²) in [5, 5.41) is 14.2. The number of carbonyl (C=O) groups excluding carboxylic acids is 1. The number of aryl methyl sites for hydroxylation is 1. The summed E-state index contributed by atoms with van der Waals surface area (Å²) in [6.45, 7) is 5.44. The molecular formula is C19H25ClN4O2. The highest BCUT2D eigenvalue weighted by Gasteiger charge is 2.42. The molecule has 6 nitrogen and oxygen atoms in total. The SMILES string of the molecule is Cc1cc(C[C@@H](C)NC(=O)C2(Oc3ccc(Cl)cc3)CCNCC2)n[nH]1. The van der Waals surface area contributed by atoms with Gasteiger partial charge in [-0.05, 0) is 57.3 Å². The van der Waals surface area contributed by atoms with Crippen LogP contribution in [0.4, 0.5) is 0 Å². The van der Waals surface area contributed by atoms with Crippen molar-refractivity contribution in [3.63, 3.8) is 0 Å². The first-order valence-electron chi connectivity index (χ1n) is 8.94. The summed E-state index contributed by atoms with van der Waals surface area (Å²) >= 11 is 5.95. The van der Waals surface area contributed by atoms with Crippen molar-refractivity contribution in [1.82, 2.24) is 20.8 Å². The van der Waals surface area contributed by atoms with Crippen LogP contribution in [0, 0.1) is 6.92 Å². The molecule has 1 atom stereocenters. The molecule has 1 aliphatic rings. The van der Waals surface area contributed by atoms with Crippen LogP contribution >= 0.6 is 11.6 Å². The highest BCUT2D eigenvalue weighted by atomic mass is 35.5. The number of aromatic amines is 1. The van der Waals surface area contributed by atoms with Gasteiger partial charge in [0.1, 0.15) is 5.75 Å². The summed E-state index contributed by atoms with van der Waals surface area (Å²) in [6.07, 6.45) is 1.91. The van der Waals surface area contributed by atoms with Crippen molar-refractivity contribution in [2.45, 2.75) is 44.8 Å². The first-order chi connectivity index (χ1) is 12.5. The average molecular weight is 377 g/mol. The van der Waals surface area contributed by atoms with Crippen LogP contribution in [0.2, 0.25) is 5.02 Å². The summed E-state index contributed by atoms with van der Waals surface area (Å²) in [4.78, 5) is 13.1. The van der Waals surface area contributed by atoms with Crippen LogP contribution in [-0.4, -0.2) is 40.8 Å². The van der Waals surface area contributed by atoms with Crippen LogP contribution in [-0.2, 0) is 11.2 Å². The van der Waals surface area contributed by atoms with Crippen LogP contribution in [0.3, 0.4) is 0 Å². The van der Waals surface area contributed by atoms with Crippen molar-refractivity contribution in [3.05, 3.63) is 46.7 Å². The number of halogens is 1. The molecule has 2 heterocycles. The molecule has 0 unspecified atom stereocenters. The Balaban J connectivity index is 1.69. The standard InChI is InChI=1S/C19H25ClN4O2/c1-13(11-16-12-14(2)23-24-16)22-18(25)19(7-9-21-10-8-19)26-17-5-3-15(20)4-6-17/h3-6,12-13,21H,7-11H2,1-2H3,(H,22,25)(H,23,24)/t13-/m1/s1. The fourth-order valence-electron chi connectivity index (χ4n) is 3.23. The molecule has 0 radical (unpaired) electrons. The Morgan fingerprint density at radius 1 is 1.35 bits per heavy atom. The molecule has 1 aromatic carbocycles. The number of rotatable bonds is 6. The van der Waals surface area contributed by atoms with E-state index in [4.69, 9.17) is 16.3 Å². The van der Waals surface area contributed by atoms with E-state index in [1.807, 2.05) is 19.9 Å². The Bertz CT molecular complexity index is 738. The van der Waals surface area contributed by atoms with E-state index in [0.29, 0.717) is 30.0 Å². The highest BCUT2D eigenvalue weighted by Crippen LogP contribution is 2.28. The minimum Gasteiger partial charge on any atom is -0.477 e. The predicted molar refractivity (Wildman–Crippen MR) is 102 cm³/mol. The molecular weight excluding hydrogens is 352 g/mol. The summed E-state index contributed by atoms with van der Waals surface area (Å²) in [5.74, 6) is 0.579. The van der Waals surface area contributed by atoms with Crippen LogP contribution in [0.1, 0.15) is 31.2 Å². The lowest BCUT2D eigenvalue weighted by Gasteiger charge is -2.37. The van der Waals surface area contributed by atoms with Crippen molar-refractivity contribution < 1.29 is 9.53 Å². The van der Waals surface area contributed by atoms with Crippen LogP contribution in [0.15, 0.2) is 30.3 Å². The zero-order valence-electron chi connectivity index (χ0n) is 15.1. The lowest BCUT2D eigenvalue weighted by Crippen LogP contribution is -2.58. The third-order valence-electron chi connectivity index (χ3n) is 4.60. The van der Waals surface area contributed by atoms with Gasteiger partial charge in [0, 0.05) is 36.0 Å². The van der Waals surface area contributed by atoms with Gasteiger partial charge in [-0.1, -0.05) is 11.6 Å². The number of aromatic nitrogens is 2. The minimum atomic E-state index is -0.866. The molecule has 0 spiro atoms. The van der Waals surface area contributed by atoms with Gasteiger partial charge in [0.25, 0.3) is 5.91 Å². The molecule has 26 heavy (non-hydrogen) atoms. The normalized spacial score (nSPS) is 17.5. The van der Waals surface area contributed by atoms with E-state index < -0.39 is 5.60 Å². The Morgan fingerprint density at radius 2 is 2.04 bits per heavy atom. The summed E-state index contributed by atoms with van der Waals surface area (Å²) < 4.78 is 6.18. The largest absolute Gasteiger partial charge is 0.477 e. The van der Waals surface area contributed by atoms with E-state index in [-0.39, 0.29) is 11.9 Å². The zero-order chi connectivity index (χ0) is 18.6. The number of carbonyl (C=O) groups is 1. The molecule has 3 N–H and O–H groups in total. The highest BCUT2D eigenvalue weighted by molar-refractivity contribution is 6.30. The van der Waals surface area contributed by atoms with Crippen molar-refractivity contribution in [3.8, 4) is 5.75 Å². The fraction of sp³-hybridized carbons (Fsp3) is 0.474. The molecule has 3 rings (SSSR count). The minimum absolute atomic E-state index is 0.0363. The van der Waals surface area contributed by atoms with Crippen molar-refractivity contribution in [2.75, 3.05) is 13.1 Å². The second-order valence-electron chi connectivity index (χ2n) is 6.92. The molecule has 1 fully saturated rings.